The minimum absolute atomic E-state index is 0. The van der Waals surface area contributed by atoms with E-state index in [0.29, 0.717) is 0 Å². The zero-order valence-electron chi connectivity index (χ0n) is 13.7. The van der Waals surface area contributed by atoms with E-state index in [1.807, 2.05) is 0 Å². The van der Waals surface area contributed by atoms with Gasteiger partial charge in [-0.3, -0.25) is 0 Å². The molecular weight excluding hydrogens is 416 g/mol. The van der Waals surface area contributed by atoms with Gasteiger partial charge in [0, 0.05) is 19.8 Å². The van der Waals surface area contributed by atoms with Crippen molar-refractivity contribution >= 4 is 32.8 Å². The van der Waals surface area contributed by atoms with Crippen molar-refractivity contribution in [3.05, 3.63) is 66.3 Å². The van der Waals surface area contributed by atoms with Gasteiger partial charge < -0.3 is 29.7 Å². The van der Waals surface area contributed by atoms with Gasteiger partial charge in [0.2, 0.25) is 0 Å². The zero-order chi connectivity index (χ0) is 14.4. The van der Waals surface area contributed by atoms with Crippen LogP contribution in [0.15, 0.2) is 60.7 Å². The molecule has 0 heterocycles. The van der Waals surface area contributed by atoms with Gasteiger partial charge in [0.1, 0.15) is 0 Å². The molecule has 0 aliphatic heterocycles. The molecule has 121 valence electrons. The summed E-state index contributed by atoms with van der Waals surface area (Å²) in [6.45, 7) is 0. The molecule has 0 saturated carbocycles. The number of fused-ring (bicyclic) bond motifs is 3. The summed E-state index contributed by atoms with van der Waals surface area (Å²) >= 11 is 0. The Bertz CT molecular complexity index is 907. The third-order valence-electron chi connectivity index (χ3n) is 4.35. The van der Waals surface area contributed by atoms with Crippen LogP contribution >= 0.6 is 0 Å². The number of nitrogens with zero attached hydrogens (tertiary/aromatic N) is 1. The van der Waals surface area contributed by atoms with Crippen LogP contribution in [-0.2, 0) is 26.2 Å². The van der Waals surface area contributed by atoms with Gasteiger partial charge >= 0.3 is 26.2 Å². The van der Waals surface area contributed by atoms with Crippen LogP contribution in [-0.4, -0.2) is 14.1 Å². The van der Waals surface area contributed by atoms with Gasteiger partial charge in [0.15, 0.2) is 0 Å². The number of hydrogen-bond donors (Lipinski definition) is 0. The monoisotopic (exact) mass is 432 g/mol. The first-order valence-corrected chi connectivity index (χ1v) is 7.40. The second-order valence-electron chi connectivity index (χ2n) is 5.87. The SMILES string of the molecule is CN(C)c1ccc2c([cH-]c3ccccc32)c1C1=CC=CC1.[Cl-].[Cl-].[Zr+3]. The molecule has 4 heteroatoms. The molecule has 1 radical (unpaired) electrons. The molecule has 0 N–H and O–H groups in total. The number of allylic oxidation sites excluding steroid dienone is 4. The second-order valence-corrected chi connectivity index (χ2v) is 5.87. The predicted molar refractivity (Wildman–Crippen MR) is 93.1 cm³/mol. The van der Waals surface area contributed by atoms with E-state index in [9.17, 15) is 0 Å². The van der Waals surface area contributed by atoms with E-state index in [1.54, 1.807) is 0 Å². The second kappa shape index (κ2) is 8.43. The Labute approximate surface area is 174 Å². The van der Waals surface area contributed by atoms with Crippen LogP contribution in [0.3, 0.4) is 0 Å². The number of benzene rings is 2. The molecule has 0 bridgehead atoms. The quantitative estimate of drug-likeness (QED) is 0.474. The van der Waals surface area contributed by atoms with E-state index in [-0.39, 0.29) is 51.0 Å². The van der Waals surface area contributed by atoms with Crippen LogP contribution in [0.4, 0.5) is 5.69 Å². The molecule has 0 unspecified atom stereocenters. The van der Waals surface area contributed by atoms with Gasteiger partial charge in [0.05, 0.1) is 0 Å². The Balaban J connectivity index is 0.000000960. The minimum atomic E-state index is 0. The van der Waals surface area contributed by atoms with E-state index in [4.69, 9.17) is 0 Å². The van der Waals surface area contributed by atoms with Crippen LogP contribution in [0.5, 0.6) is 0 Å². The van der Waals surface area contributed by atoms with Crippen molar-refractivity contribution in [2.75, 3.05) is 19.0 Å². The topological polar surface area (TPSA) is 3.24 Å². The molecule has 1 aliphatic rings. The molecule has 3 aromatic carbocycles. The maximum atomic E-state index is 2.34. The molecular formula is C20H18Cl2NZr. The largest absolute Gasteiger partial charge is 3.00 e. The number of hydrogen-bond acceptors (Lipinski definition) is 1. The molecule has 0 amide bonds. The molecule has 0 spiro atoms. The molecule has 1 nitrogen and oxygen atoms in total. The van der Waals surface area contributed by atoms with Crippen LogP contribution < -0.4 is 29.7 Å². The maximum Gasteiger partial charge on any atom is 3.00 e. The summed E-state index contributed by atoms with van der Waals surface area (Å²) in [5.74, 6) is 0. The van der Waals surface area contributed by atoms with Crippen molar-refractivity contribution < 1.29 is 51.0 Å². The minimum Gasteiger partial charge on any atom is -1.00 e. The van der Waals surface area contributed by atoms with E-state index >= 15 is 0 Å². The van der Waals surface area contributed by atoms with Gasteiger partial charge in [-0.15, -0.1) is 33.7 Å². The summed E-state index contributed by atoms with van der Waals surface area (Å²) in [7, 11) is 4.24. The third kappa shape index (κ3) is 3.38. The first-order chi connectivity index (χ1) is 10.3. The van der Waals surface area contributed by atoms with Crippen LogP contribution in [0.2, 0.25) is 0 Å². The van der Waals surface area contributed by atoms with Gasteiger partial charge in [0.25, 0.3) is 0 Å². The molecule has 4 rings (SSSR count). The smallest absolute Gasteiger partial charge is 1.00 e. The Morgan fingerprint density at radius 3 is 2.38 bits per heavy atom. The van der Waals surface area contributed by atoms with Gasteiger partial charge in [-0.05, 0) is 6.42 Å². The fraction of sp³-hybridized carbons (Fsp3) is 0.150. The predicted octanol–water partition coefficient (Wildman–Crippen LogP) is -0.873. The van der Waals surface area contributed by atoms with Crippen molar-refractivity contribution in [1.82, 2.24) is 0 Å². The Morgan fingerprint density at radius 1 is 0.958 bits per heavy atom. The van der Waals surface area contributed by atoms with E-state index in [0.717, 1.165) is 6.42 Å². The summed E-state index contributed by atoms with van der Waals surface area (Å²) in [5.41, 5.74) is 4.10. The first-order valence-electron chi connectivity index (χ1n) is 7.40. The normalized spacial score (nSPS) is 12.3. The maximum absolute atomic E-state index is 2.34. The first kappa shape index (κ1) is 21.1. The molecule has 0 atom stereocenters. The van der Waals surface area contributed by atoms with E-state index < -0.39 is 0 Å². The van der Waals surface area contributed by atoms with Crippen LogP contribution in [0, 0.1) is 0 Å². The fourth-order valence-electron chi connectivity index (χ4n) is 3.36. The summed E-state index contributed by atoms with van der Waals surface area (Å²) in [6.07, 6.45) is 7.67. The van der Waals surface area contributed by atoms with Gasteiger partial charge in [-0.2, -0.15) is 0 Å². The summed E-state index contributed by atoms with van der Waals surface area (Å²) in [5, 5.41) is 5.41. The molecule has 1 aliphatic carbocycles. The van der Waals surface area contributed by atoms with Crippen LogP contribution in [0.25, 0.3) is 27.1 Å². The van der Waals surface area contributed by atoms with Crippen LogP contribution in [0.1, 0.15) is 12.0 Å². The number of halogens is 2. The Kier molecular flexibility index (Phi) is 7.41. The molecule has 0 aromatic heterocycles. The van der Waals surface area contributed by atoms with Crippen molar-refractivity contribution in [1.29, 1.82) is 0 Å². The Hall–Kier alpha value is -0.947. The molecule has 0 fully saturated rings. The fourth-order valence-corrected chi connectivity index (χ4v) is 3.36. The summed E-state index contributed by atoms with van der Waals surface area (Å²) in [6, 6.07) is 15.5. The average Bonchev–Trinajstić information content (AvgIpc) is 3.13. The molecule has 0 saturated heterocycles. The van der Waals surface area contributed by atoms with E-state index in [1.165, 1.54) is 38.4 Å². The van der Waals surface area contributed by atoms with Crippen molar-refractivity contribution in [3.63, 3.8) is 0 Å². The van der Waals surface area contributed by atoms with Crippen molar-refractivity contribution in [3.8, 4) is 0 Å². The standard InChI is InChI=1S/C20H18N.2ClH.Zr/c1-21(2)19-12-11-17-16-10-6-5-9-15(16)13-18(17)20(19)14-7-3-4-8-14;;;/h3-7,9-13H,8H2,1-2H3;2*1H;/q-1;;;+3/p-2. The molecule has 3 aromatic rings. The Morgan fingerprint density at radius 2 is 1.71 bits per heavy atom. The third-order valence-corrected chi connectivity index (χ3v) is 4.35. The number of anilines is 1. The average molecular weight is 435 g/mol. The molecule has 24 heavy (non-hydrogen) atoms. The van der Waals surface area contributed by atoms with Gasteiger partial charge in [-0.1, -0.05) is 59.7 Å². The summed E-state index contributed by atoms with van der Waals surface area (Å²) < 4.78 is 0. The zero-order valence-corrected chi connectivity index (χ0v) is 17.7. The summed E-state index contributed by atoms with van der Waals surface area (Å²) in [4.78, 5) is 2.21. The van der Waals surface area contributed by atoms with E-state index in [2.05, 4.69) is 79.7 Å². The number of rotatable bonds is 2. The van der Waals surface area contributed by atoms with Crippen molar-refractivity contribution in [2.45, 2.75) is 6.42 Å². The van der Waals surface area contributed by atoms with Crippen molar-refractivity contribution in [2.24, 2.45) is 0 Å². The van der Waals surface area contributed by atoms with Gasteiger partial charge in [-0.25, -0.2) is 0 Å².